The molecule has 3 rings (SSSR count). The molecule has 27 heavy (non-hydrogen) atoms. The smallest absolute Gasteiger partial charge is 0.310 e. The van der Waals surface area contributed by atoms with Crippen molar-refractivity contribution in [2.45, 2.75) is 18.4 Å². The summed E-state index contributed by atoms with van der Waals surface area (Å²) in [5.74, 6) is -3.82. The van der Waals surface area contributed by atoms with E-state index in [4.69, 9.17) is 11.0 Å². The first-order valence-electron chi connectivity index (χ1n) is 7.89. The lowest BCUT2D eigenvalue weighted by molar-refractivity contribution is -0.116. The minimum Gasteiger partial charge on any atom is -0.459 e. The van der Waals surface area contributed by atoms with Gasteiger partial charge in [-0.3, -0.25) is 4.79 Å². The molecular formula is C18H15F2N5O2. The molecule has 1 aromatic heterocycles. The number of anilines is 1. The molecule has 2 aromatic rings. The van der Waals surface area contributed by atoms with E-state index in [0.717, 1.165) is 0 Å². The Kier molecular flexibility index (Phi) is 4.49. The lowest BCUT2D eigenvalue weighted by Crippen LogP contribution is -2.50. The number of amidine groups is 1. The average molecular weight is 371 g/mol. The Labute approximate surface area is 153 Å². The molecule has 0 saturated carbocycles. The molecule has 7 nitrogen and oxygen atoms in total. The lowest BCUT2D eigenvalue weighted by atomic mass is 9.85. The van der Waals surface area contributed by atoms with E-state index in [9.17, 15) is 13.6 Å². The maximum absolute atomic E-state index is 14.4. The number of aromatic nitrogens is 1. The first kappa shape index (κ1) is 18.3. The lowest BCUT2D eigenvalue weighted by Gasteiger charge is -2.37. The van der Waals surface area contributed by atoms with E-state index in [0.29, 0.717) is 11.3 Å². The molecule has 2 heterocycles. The van der Waals surface area contributed by atoms with Crippen LogP contribution in [0.2, 0.25) is 0 Å². The Morgan fingerprint density at radius 1 is 1.37 bits per heavy atom. The van der Waals surface area contributed by atoms with Crippen LogP contribution in [0.25, 0.3) is 0 Å². The molecule has 9 heteroatoms. The number of ether oxygens (including phenoxy) is 1. The molecule has 0 fully saturated rings. The Morgan fingerprint density at radius 3 is 2.81 bits per heavy atom. The highest BCUT2D eigenvalue weighted by Crippen LogP contribution is 2.43. The zero-order valence-electron chi connectivity index (χ0n) is 14.2. The number of alkyl halides is 2. The van der Waals surface area contributed by atoms with E-state index >= 15 is 0 Å². The van der Waals surface area contributed by atoms with Crippen molar-refractivity contribution >= 4 is 17.6 Å². The molecule has 3 N–H and O–H groups in total. The standard InChI is InChI=1S/C18H15F2N5O2/c1-17(18(19,20)10-27-16(22)25-17)12-3-2-4-13(7-12)24-15(26)14-6-5-11(8-21)9-23-14/h2-7,9H,10H2,1H3,(H2,22,25)(H,24,26). The number of nitrogens with one attached hydrogen (secondary N) is 1. The number of carbonyl (C=O) groups excluding carboxylic acids is 1. The van der Waals surface area contributed by atoms with Crippen molar-refractivity contribution < 1.29 is 18.3 Å². The molecule has 1 aromatic carbocycles. The third kappa shape index (κ3) is 3.42. The Hall–Kier alpha value is -3.54. The zero-order valence-corrected chi connectivity index (χ0v) is 14.2. The normalized spacial score (nSPS) is 20.7. The van der Waals surface area contributed by atoms with Gasteiger partial charge in [0.05, 0.1) is 5.56 Å². The number of nitriles is 1. The number of carbonyl (C=O) groups is 1. The van der Waals surface area contributed by atoms with E-state index in [1.54, 1.807) is 6.07 Å². The van der Waals surface area contributed by atoms with Gasteiger partial charge in [0, 0.05) is 11.9 Å². The summed E-state index contributed by atoms with van der Waals surface area (Å²) in [6.07, 6.45) is 1.27. The van der Waals surface area contributed by atoms with Gasteiger partial charge in [0.2, 0.25) is 0 Å². The summed E-state index contributed by atoms with van der Waals surface area (Å²) in [4.78, 5) is 20.0. The van der Waals surface area contributed by atoms with Crippen LogP contribution in [0.1, 0.15) is 28.5 Å². The first-order valence-corrected chi connectivity index (χ1v) is 7.89. The molecule has 1 aliphatic rings. The van der Waals surface area contributed by atoms with E-state index in [1.807, 2.05) is 6.07 Å². The molecule has 0 spiro atoms. The van der Waals surface area contributed by atoms with Gasteiger partial charge in [-0.1, -0.05) is 12.1 Å². The monoisotopic (exact) mass is 371 g/mol. The SMILES string of the molecule is CC1(c2cccc(NC(=O)c3ccc(C#N)cn3)c2)N=C(N)OCC1(F)F. The van der Waals surface area contributed by atoms with Crippen LogP contribution in [-0.4, -0.2) is 29.4 Å². The van der Waals surface area contributed by atoms with Gasteiger partial charge in [-0.25, -0.2) is 9.98 Å². The number of amides is 1. The number of nitrogens with zero attached hydrogens (tertiary/aromatic N) is 3. The Bertz CT molecular complexity index is 953. The van der Waals surface area contributed by atoms with Gasteiger partial charge in [0.15, 0.2) is 12.1 Å². The molecule has 0 bridgehead atoms. The topological polar surface area (TPSA) is 113 Å². The highest BCUT2D eigenvalue weighted by atomic mass is 19.3. The van der Waals surface area contributed by atoms with Crippen LogP contribution >= 0.6 is 0 Å². The first-order chi connectivity index (χ1) is 12.7. The highest BCUT2D eigenvalue weighted by molar-refractivity contribution is 6.02. The number of halogens is 2. The second-order valence-corrected chi connectivity index (χ2v) is 6.09. The van der Waals surface area contributed by atoms with Crippen LogP contribution in [0.3, 0.4) is 0 Å². The minimum atomic E-state index is -3.28. The summed E-state index contributed by atoms with van der Waals surface area (Å²) >= 11 is 0. The molecule has 1 atom stereocenters. The number of pyridine rings is 1. The molecule has 0 radical (unpaired) electrons. The van der Waals surface area contributed by atoms with Crippen molar-refractivity contribution in [3.63, 3.8) is 0 Å². The van der Waals surface area contributed by atoms with Gasteiger partial charge in [-0.2, -0.15) is 14.0 Å². The number of hydrogen-bond donors (Lipinski definition) is 2. The Morgan fingerprint density at radius 2 is 2.15 bits per heavy atom. The summed E-state index contributed by atoms with van der Waals surface area (Å²) in [7, 11) is 0. The van der Waals surface area contributed by atoms with Crippen LogP contribution in [0.15, 0.2) is 47.6 Å². The molecule has 0 saturated heterocycles. The second kappa shape index (κ2) is 6.64. The van der Waals surface area contributed by atoms with E-state index < -0.39 is 24.0 Å². The fraction of sp³-hybridized carbons (Fsp3) is 0.222. The summed E-state index contributed by atoms with van der Waals surface area (Å²) in [6.45, 7) is 0.371. The van der Waals surface area contributed by atoms with Gasteiger partial charge < -0.3 is 15.8 Å². The summed E-state index contributed by atoms with van der Waals surface area (Å²) < 4.78 is 33.5. The summed E-state index contributed by atoms with van der Waals surface area (Å²) in [6, 6.07) is 10.4. The molecular weight excluding hydrogens is 356 g/mol. The van der Waals surface area contributed by atoms with Gasteiger partial charge in [-0.05, 0) is 36.8 Å². The molecule has 1 aliphatic heterocycles. The van der Waals surface area contributed by atoms with E-state index in [2.05, 4.69) is 20.0 Å². The Balaban J connectivity index is 1.88. The number of benzene rings is 1. The third-order valence-corrected chi connectivity index (χ3v) is 4.26. The van der Waals surface area contributed by atoms with Gasteiger partial charge in [0.1, 0.15) is 11.8 Å². The maximum atomic E-state index is 14.4. The van der Waals surface area contributed by atoms with Crippen LogP contribution in [0, 0.1) is 11.3 Å². The fourth-order valence-electron chi connectivity index (χ4n) is 2.60. The van der Waals surface area contributed by atoms with Crippen molar-refractivity contribution in [1.82, 2.24) is 4.98 Å². The van der Waals surface area contributed by atoms with Crippen molar-refractivity contribution in [3.05, 3.63) is 59.4 Å². The number of hydrogen-bond acceptors (Lipinski definition) is 6. The van der Waals surface area contributed by atoms with Crippen molar-refractivity contribution in [2.75, 3.05) is 11.9 Å². The van der Waals surface area contributed by atoms with E-state index in [-0.39, 0.29) is 17.3 Å². The van der Waals surface area contributed by atoms with Crippen LogP contribution in [0.4, 0.5) is 14.5 Å². The number of aliphatic imine (C=N–C) groups is 1. The minimum absolute atomic E-state index is 0.0873. The molecule has 1 unspecified atom stereocenters. The van der Waals surface area contributed by atoms with Gasteiger partial charge in [0.25, 0.3) is 11.9 Å². The highest BCUT2D eigenvalue weighted by Gasteiger charge is 2.55. The number of nitrogens with two attached hydrogens (primary N) is 1. The van der Waals surface area contributed by atoms with Crippen LogP contribution in [-0.2, 0) is 10.3 Å². The van der Waals surface area contributed by atoms with E-state index in [1.165, 1.54) is 43.5 Å². The molecule has 1 amide bonds. The van der Waals surface area contributed by atoms with Gasteiger partial charge in [-0.15, -0.1) is 0 Å². The summed E-state index contributed by atoms with van der Waals surface area (Å²) in [5.41, 5.74) is 4.42. The quantitative estimate of drug-likeness (QED) is 0.860. The van der Waals surface area contributed by atoms with Crippen molar-refractivity contribution in [1.29, 1.82) is 5.26 Å². The largest absolute Gasteiger partial charge is 0.459 e. The molecule has 138 valence electrons. The predicted molar refractivity (Wildman–Crippen MR) is 93.2 cm³/mol. The predicted octanol–water partition coefficient (Wildman–Crippen LogP) is 2.40. The third-order valence-electron chi connectivity index (χ3n) is 4.26. The second-order valence-electron chi connectivity index (χ2n) is 6.09. The van der Waals surface area contributed by atoms with Crippen molar-refractivity contribution in [3.8, 4) is 6.07 Å². The van der Waals surface area contributed by atoms with Gasteiger partial charge >= 0.3 is 5.92 Å². The fourth-order valence-corrected chi connectivity index (χ4v) is 2.60. The average Bonchev–Trinajstić information content (AvgIpc) is 2.65. The number of rotatable bonds is 3. The van der Waals surface area contributed by atoms with Crippen molar-refractivity contribution in [2.24, 2.45) is 10.7 Å². The summed E-state index contributed by atoms with van der Waals surface area (Å²) in [5, 5.41) is 11.4. The van der Waals surface area contributed by atoms with Crippen LogP contribution in [0.5, 0.6) is 0 Å². The van der Waals surface area contributed by atoms with Crippen LogP contribution < -0.4 is 11.1 Å². The molecule has 0 aliphatic carbocycles. The zero-order chi connectivity index (χ0) is 19.7. The maximum Gasteiger partial charge on any atom is 0.310 e.